The van der Waals surface area contributed by atoms with Gasteiger partial charge in [-0.1, -0.05) is 36.3 Å². The lowest BCUT2D eigenvalue weighted by Crippen LogP contribution is -2.15. The quantitative estimate of drug-likeness (QED) is 0.628. The van der Waals surface area contributed by atoms with E-state index in [1.54, 1.807) is 19.1 Å². The van der Waals surface area contributed by atoms with Crippen LogP contribution in [0.1, 0.15) is 25.1 Å². The standard InChI is InChI=1S/C20H20FN3O4S/c1-4-16-19(20(28-23-16)22-13(3)25)14-10-9-12(2)18(11-14)29(26,27)24-17-8-6-5-7-15(17)21/h5-11,24H,4H2,1-3H3,(H,22,25). The lowest BCUT2D eigenvalue weighted by molar-refractivity contribution is -0.114. The molecule has 0 bridgehead atoms. The number of para-hydroxylation sites is 1. The van der Waals surface area contributed by atoms with Gasteiger partial charge in [0.25, 0.3) is 10.0 Å². The first-order valence-corrected chi connectivity index (χ1v) is 10.4. The lowest BCUT2D eigenvalue weighted by atomic mass is 10.0. The maximum absolute atomic E-state index is 13.9. The lowest BCUT2D eigenvalue weighted by Gasteiger charge is -2.13. The molecule has 0 aliphatic carbocycles. The van der Waals surface area contributed by atoms with Crippen LogP contribution in [0.2, 0.25) is 0 Å². The maximum atomic E-state index is 13.9. The first-order chi connectivity index (χ1) is 13.7. The number of benzene rings is 2. The summed E-state index contributed by atoms with van der Waals surface area (Å²) >= 11 is 0. The number of aryl methyl sites for hydroxylation is 2. The van der Waals surface area contributed by atoms with Crippen LogP contribution in [-0.2, 0) is 21.2 Å². The van der Waals surface area contributed by atoms with E-state index in [4.69, 9.17) is 4.52 Å². The van der Waals surface area contributed by atoms with Gasteiger partial charge in [-0.25, -0.2) is 12.8 Å². The number of carbonyl (C=O) groups is 1. The van der Waals surface area contributed by atoms with E-state index < -0.39 is 15.8 Å². The third-order valence-corrected chi connectivity index (χ3v) is 5.78. The highest BCUT2D eigenvalue weighted by molar-refractivity contribution is 7.92. The molecule has 0 fully saturated rings. The zero-order valence-electron chi connectivity index (χ0n) is 16.1. The molecule has 9 heteroatoms. The number of carbonyl (C=O) groups excluding carboxylic acids is 1. The van der Waals surface area contributed by atoms with E-state index in [-0.39, 0.29) is 22.4 Å². The Morgan fingerprint density at radius 1 is 1.21 bits per heavy atom. The third-order valence-electron chi connectivity index (χ3n) is 4.27. The summed E-state index contributed by atoms with van der Waals surface area (Å²) in [6.07, 6.45) is 0.516. The number of nitrogens with zero attached hydrogens (tertiary/aromatic N) is 1. The minimum Gasteiger partial charge on any atom is -0.337 e. The minimum absolute atomic E-state index is 0.0183. The fourth-order valence-corrected chi connectivity index (χ4v) is 4.24. The Bertz CT molecular complexity index is 1170. The Kier molecular flexibility index (Phi) is 5.69. The summed E-state index contributed by atoms with van der Waals surface area (Å²) in [7, 11) is -4.06. The molecular formula is C20H20FN3O4S. The molecule has 0 saturated carbocycles. The second kappa shape index (κ2) is 8.04. The highest BCUT2D eigenvalue weighted by atomic mass is 32.2. The Balaban J connectivity index is 2.09. The van der Waals surface area contributed by atoms with Crippen LogP contribution in [0.4, 0.5) is 16.0 Å². The summed E-state index contributed by atoms with van der Waals surface area (Å²) in [5.41, 5.74) is 1.92. The number of aromatic nitrogens is 1. The molecule has 1 aromatic heterocycles. The number of rotatable bonds is 6. The number of halogens is 1. The number of amides is 1. The average molecular weight is 417 g/mol. The van der Waals surface area contributed by atoms with Crippen molar-refractivity contribution in [2.75, 3.05) is 10.0 Å². The number of sulfonamides is 1. The third kappa shape index (κ3) is 4.29. The van der Waals surface area contributed by atoms with Gasteiger partial charge in [-0.15, -0.1) is 0 Å². The predicted octanol–water partition coefficient (Wildman–Crippen LogP) is 4.11. The van der Waals surface area contributed by atoms with Crippen LogP contribution in [-0.4, -0.2) is 19.5 Å². The van der Waals surface area contributed by atoms with Crippen LogP contribution >= 0.6 is 0 Å². The molecule has 0 aliphatic rings. The molecule has 3 aromatic rings. The van der Waals surface area contributed by atoms with Crippen molar-refractivity contribution in [2.24, 2.45) is 0 Å². The van der Waals surface area contributed by atoms with Gasteiger partial charge in [0.2, 0.25) is 11.8 Å². The van der Waals surface area contributed by atoms with Gasteiger partial charge >= 0.3 is 0 Å². The normalized spacial score (nSPS) is 11.3. The van der Waals surface area contributed by atoms with Crippen molar-refractivity contribution >= 4 is 27.5 Å². The van der Waals surface area contributed by atoms with Crippen LogP contribution in [0, 0.1) is 12.7 Å². The second-order valence-corrected chi connectivity index (χ2v) is 8.08. The molecule has 0 saturated heterocycles. The van der Waals surface area contributed by atoms with E-state index in [0.29, 0.717) is 28.8 Å². The summed E-state index contributed by atoms with van der Waals surface area (Å²) < 4.78 is 47.3. The number of hydrogen-bond acceptors (Lipinski definition) is 5. The first kappa shape index (κ1) is 20.5. The summed E-state index contributed by atoms with van der Waals surface area (Å²) in [5, 5.41) is 6.52. The Hall–Kier alpha value is -3.20. The Morgan fingerprint density at radius 2 is 1.93 bits per heavy atom. The summed E-state index contributed by atoms with van der Waals surface area (Å²) in [5.74, 6) is -0.875. The van der Waals surface area contributed by atoms with E-state index in [1.165, 1.54) is 37.3 Å². The first-order valence-electron chi connectivity index (χ1n) is 8.87. The zero-order valence-corrected chi connectivity index (χ0v) is 16.9. The smallest absolute Gasteiger partial charge is 0.262 e. The molecular weight excluding hydrogens is 397 g/mol. The van der Waals surface area contributed by atoms with Crippen molar-refractivity contribution < 1.29 is 22.1 Å². The van der Waals surface area contributed by atoms with Crippen molar-refractivity contribution in [3.8, 4) is 11.1 Å². The Morgan fingerprint density at radius 3 is 2.59 bits per heavy atom. The second-order valence-electron chi connectivity index (χ2n) is 6.43. The van der Waals surface area contributed by atoms with E-state index in [1.807, 2.05) is 6.92 Å². The highest BCUT2D eigenvalue weighted by Crippen LogP contribution is 2.34. The van der Waals surface area contributed by atoms with Gasteiger partial charge in [0.1, 0.15) is 5.82 Å². The van der Waals surface area contributed by atoms with Crippen molar-refractivity contribution in [3.63, 3.8) is 0 Å². The molecule has 1 heterocycles. The molecule has 2 aromatic carbocycles. The Labute approximate surface area is 168 Å². The topological polar surface area (TPSA) is 101 Å². The highest BCUT2D eigenvalue weighted by Gasteiger charge is 2.23. The van der Waals surface area contributed by atoms with Crippen LogP contribution in [0.3, 0.4) is 0 Å². The monoisotopic (exact) mass is 417 g/mol. The molecule has 0 radical (unpaired) electrons. The van der Waals surface area contributed by atoms with Crippen molar-refractivity contribution in [2.45, 2.75) is 32.1 Å². The van der Waals surface area contributed by atoms with Gasteiger partial charge in [0.15, 0.2) is 0 Å². The SMILES string of the molecule is CCc1noc(NC(C)=O)c1-c1ccc(C)c(S(=O)(=O)Nc2ccccc2F)c1. The molecule has 29 heavy (non-hydrogen) atoms. The van der Waals surface area contributed by atoms with Crippen molar-refractivity contribution in [1.82, 2.24) is 5.16 Å². The van der Waals surface area contributed by atoms with E-state index in [2.05, 4.69) is 15.2 Å². The number of hydrogen-bond donors (Lipinski definition) is 2. The fraction of sp³-hybridized carbons (Fsp3) is 0.200. The maximum Gasteiger partial charge on any atom is 0.262 e. The molecule has 1 amide bonds. The van der Waals surface area contributed by atoms with Gasteiger partial charge in [-0.3, -0.25) is 14.8 Å². The molecule has 152 valence electrons. The molecule has 0 spiro atoms. The minimum atomic E-state index is -4.06. The van der Waals surface area contributed by atoms with Gasteiger partial charge < -0.3 is 4.52 Å². The number of nitrogens with one attached hydrogen (secondary N) is 2. The van der Waals surface area contributed by atoms with Gasteiger partial charge in [-0.05, 0) is 42.7 Å². The molecule has 0 aliphatic heterocycles. The molecule has 0 unspecified atom stereocenters. The van der Waals surface area contributed by atoms with Gasteiger partial charge in [-0.2, -0.15) is 0 Å². The fourth-order valence-electron chi connectivity index (χ4n) is 2.90. The molecule has 0 atom stereocenters. The van der Waals surface area contributed by atoms with Crippen LogP contribution in [0.25, 0.3) is 11.1 Å². The molecule has 7 nitrogen and oxygen atoms in total. The largest absolute Gasteiger partial charge is 0.337 e. The van der Waals surface area contributed by atoms with Crippen molar-refractivity contribution in [1.29, 1.82) is 0 Å². The van der Waals surface area contributed by atoms with E-state index in [9.17, 15) is 17.6 Å². The van der Waals surface area contributed by atoms with Gasteiger partial charge in [0.05, 0.1) is 21.8 Å². The predicted molar refractivity (Wildman–Crippen MR) is 108 cm³/mol. The van der Waals surface area contributed by atoms with Gasteiger partial charge in [0, 0.05) is 6.92 Å². The summed E-state index contributed by atoms with van der Waals surface area (Å²) in [6.45, 7) is 4.84. The van der Waals surface area contributed by atoms with Crippen LogP contribution in [0.15, 0.2) is 51.9 Å². The number of anilines is 2. The zero-order chi connectivity index (χ0) is 21.2. The van der Waals surface area contributed by atoms with Crippen LogP contribution in [0.5, 0.6) is 0 Å². The molecule has 3 rings (SSSR count). The average Bonchev–Trinajstić information content (AvgIpc) is 3.05. The van der Waals surface area contributed by atoms with E-state index >= 15 is 0 Å². The van der Waals surface area contributed by atoms with Crippen molar-refractivity contribution in [3.05, 3.63) is 59.5 Å². The van der Waals surface area contributed by atoms with Crippen LogP contribution < -0.4 is 10.0 Å². The molecule has 2 N–H and O–H groups in total. The summed E-state index contributed by atoms with van der Waals surface area (Å²) in [4.78, 5) is 11.5. The van der Waals surface area contributed by atoms with E-state index in [0.717, 1.165) is 0 Å². The summed E-state index contributed by atoms with van der Waals surface area (Å²) in [6, 6.07) is 10.3.